The predicted molar refractivity (Wildman–Crippen MR) is 90.4 cm³/mol. The van der Waals surface area contributed by atoms with E-state index in [4.69, 9.17) is 0 Å². The molecule has 0 radical (unpaired) electrons. The van der Waals surface area contributed by atoms with Crippen molar-refractivity contribution in [3.63, 3.8) is 0 Å². The molecular weight excluding hydrogens is 309 g/mol. The van der Waals surface area contributed by atoms with Gasteiger partial charge in [0.15, 0.2) is 11.6 Å². The normalized spacial score (nSPS) is 21.8. The van der Waals surface area contributed by atoms with Gasteiger partial charge in [0.05, 0.1) is 0 Å². The van der Waals surface area contributed by atoms with Gasteiger partial charge in [-0.25, -0.2) is 13.2 Å². The Labute approximate surface area is 140 Å². The summed E-state index contributed by atoms with van der Waals surface area (Å²) in [6.07, 6.45) is 6.68. The molecule has 0 saturated heterocycles. The molecule has 0 aromatic heterocycles. The molecule has 0 unspecified atom stereocenters. The standard InChI is InChI=1S/C21H21F3/c1-2-3-12-4-6-13(7-5-12)14-8-9-15-16-10-11-17(22)21(24)19(16)18(15)20(14)23/h8-13H,2-7H2,1H3. The van der Waals surface area contributed by atoms with Gasteiger partial charge in [-0.1, -0.05) is 38.0 Å². The quantitative estimate of drug-likeness (QED) is 0.494. The third kappa shape index (κ3) is 2.28. The third-order valence-corrected chi connectivity index (χ3v) is 5.79. The minimum atomic E-state index is -0.928. The van der Waals surface area contributed by atoms with E-state index >= 15 is 4.39 Å². The van der Waals surface area contributed by atoms with Crippen LogP contribution in [-0.2, 0) is 0 Å². The van der Waals surface area contributed by atoms with Crippen LogP contribution < -0.4 is 0 Å². The molecule has 4 rings (SSSR count). The van der Waals surface area contributed by atoms with Gasteiger partial charge >= 0.3 is 0 Å². The predicted octanol–water partition coefficient (Wildman–Crippen LogP) is 6.83. The average molecular weight is 330 g/mol. The Bertz CT molecular complexity index is 786. The number of hydrogen-bond donors (Lipinski definition) is 0. The van der Waals surface area contributed by atoms with Crippen LogP contribution in [0, 0.1) is 23.4 Å². The molecule has 0 atom stereocenters. The van der Waals surface area contributed by atoms with Crippen molar-refractivity contribution >= 4 is 0 Å². The van der Waals surface area contributed by atoms with E-state index in [-0.39, 0.29) is 22.9 Å². The van der Waals surface area contributed by atoms with Crippen molar-refractivity contribution in [3.05, 3.63) is 47.3 Å². The molecule has 0 heterocycles. The molecule has 2 aromatic rings. The average Bonchev–Trinajstić information content (AvgIpc) is 2.56. The molecular formula is C21H21F3. The fourth-order valence-electron chi connectivity index (χ4n) is 4.50. The molecule has 3 heteroatoms. The van der Waals surface area contributed by atoms with Gasteiger partial charge in [-0.05, 0) is 60.3 Å². The van der Waals surface area contributed by atoms with Crippen LogP contribution >= 0.6 is 0 Å². The second-order valence-electron chi connectivity index (χ2n) is 7.18. The Hall–Kier alpha value is -1.77. The van der Waals surface area contributed by atoms with Crippen molar-refractivity contribution in [2.45, 2.75) is 51.4 Å². The first-order valence-corrected chi connectivity index (χ1v) is 8.93. The Morgan fingerprint density at radius 2 is 1.46 bits per heavy atom. The van der Waals surface area contributed by atoms with Crippen LogP contribution in [0.4, 0.5) is 13.2 Å². The van der Waals surface area contributed by atoms with E-state index in [0.29, 0.717) is 16.7 Å². The lowest BCUT2D eigenvalue weighted by molar-refractivity contribution is 0.304. The van der Waals surface area contributed by atoms with Crippen LogP contribution in [0.15, 0.2) is 24.3 Å². The lowest BCUT2D eigenvalue weighted by Gasteiger charge is -2.31. The molecule has 1 saturated carbocycles. The highest BCUT2D eigenvalue weighted by Crippen LogP contribution is 2.52. The van der Waals surface area contributed by atoms with Gasteiger partial charge in [-0.3, -0.25) is 0 Å². The zero-order chi connectivity index (χ0) is 16.8. The summed E-state index contributed by atoms with van der Waals surface area (Å²) < 4.78 is 42.6. The first-order valence-electron chi connectivity index (χ1n) is 8.93. The van der Waals surface area contributed by atoms with Gasteiger partial charge in [0, 0.05) is 11.1 Å². The maximum Gasteiger partial charge on any atom is 0.167 e. The van der Waals surface area contributed by atoms with Gasteiger partial charge < -0.3 is 0 Å². The molecule has 0 amide bonds. The van der Waals surface area contributed by atoms with Crippen molar-refractivity contribution in [3.8, 4) is 22.3 Å². The van der Waals surface area contributed by atoms with Gasteiger partial charge in [-0.15, -0.1) is 0 Å². The van der Waals surface area contributed by atoms with E-state index in [1.165, 1.54) is 18.9 Å². The second kappa shape index (κ2) is 5.94. The van der Waals surface area contributed by atoms with Crippen molar-refractivity contribution in [1.82, 2.24) is 0 Å². The molecule has 2 aromatic carbocycles. The summed E-state index contributed by atoms with van der Waals surface area (Å²) in [6.45, 7) is 2.20. The fourth-order valence-corrected chi connectivity index (χ4v) is 4.50. The number of halogens is 3. The van der Waals surface area contributed by atoms with Gasteiger partial charge in [0.2, 0.25) is 0 Å². The van der Waals surface area contributed by atoms with Crippen LogP contribution in [-0.4, -0.2) is 0 Å². The van der Waals surface area contributed by atoms with E-state index in [0.717, 1.165) is 37.7 Å². The molecule has 0 nitrogen and oxygen atoms in total. The summed E-state index contributed by atoms with van der Waals surface area (Å²) in [4.78, 5) is 0. The maximum absolute atomic E-state index is 15.0. The zero-order valence-corrected chi connectivity index (χ0v) is 13.8. The lowest BCUT2D eigenvalue weighted by atomic mass is 9.73. The van der Waals surface area contributed by atoms with E-state index in [2.05, 4.69) is 6.92 Å². The summed E-state index contributed by atoms with van der Waals surface area (Å²) in [5.74, 6) is -1.23. The summed E-state index contributed by atoms with van der Waals surface area (Å²) in [5.41, 5.74) is 2.38. The molecule has 0 N–H and O–H groups in total. The van der Waals surface area contributed by atoms with Crippen LogP contribution in [0.2, 0.25) is 0 Å². The van der Waals surface area contributed by atoms with E-state index in [9.17, 15) is 8.78 Å². The number of hydrogen-bond acceptors (Lipinski definition) is 0. The largest absolute Gasteiger partial charge is 0.206 e. The molecule has 24 heavy (non-hydrogen) atoms. The number of rotatable bonds is 3. The van der Waals surface area contributed by atoms with E-state index in [1.54, 1.807) is 0 Å². The molecule has 126 valence electrons. The topological polar surface area (TPSA) is 0 Å². The summed E-state index contributed by atoms with van der Waals surface area (Å²) in [7, 11) is 0. The van der Waals surface area contributed by atoms with Crippen molar-refractivity contribution < 1.29 is 13.2 Å². The molecule has 0 aliphatic heterocycles. The van der Waals surface area contributed by atoms with Gasteiger partial charge in [0.25, 0.3) is 0 Å². The fraction of sp³-hybridized carbons (Fsp3) is 0.429. The maximum atomic E-state index is 15.0. The number of fused-ring (bicyclic) bond motifs is 4. The minimum absolute atomic E-state index is 0.115. The molecule has 0 bridgehead atoms. The molecule has 2 aliphatic carbocycles. The Balaban J connectivity index is 1.65. The molecule has 0 spiro atoms. The lowest BCUT2D eigenvalue weighted by Crippen LogP contribution is -2.16. The Morgan fingerprint density at radius 3 is 2.12 bits per heavy atom. The van der Waals surface area contributed by atoms with E-state index < -0.39 is 11.6 Å². The monoisotopic (exact) mass is 330 g/mol. The molecule has 1 fully saturated rings. The van der Waals surface area contributed by atoms with Gasteiger partial charge in [0.1, 0.15) is 5.82 Å². The number of benzene rings is 2. The van der Waals surface area contributed by atoms with Crippen LogP contribution in [0.1, 0.15) is 56.9 Å². The first kappa shape index (κ1) is 15.7. The smallest absolute Gasteiger partial charge is 0.167 e. The van der Waals surface area contributed by atoms with Crippen molar-refractivity contribution in [2.24, 2.45) is 5.92 Å². The van der Waals surface area contributed by atoms with Gasteiger partial charge in [-0.2, -0.15) is 0 Å². The second-order valence-corrected chi connectivity index (χ2v) is 7.18. The Morgan fingerprint density at radius 1 is 0.833 bits per heavy atom. The highest BCUT2D eigenvalue weighted by atomic mass is 19.2. The van der Waals surface area contributed by atoms with Crippen LogP contribution in [0.25, 0.3) is 22.3 Å². The minimum Gasteiger partial charge on any atom is -0.206 e. The summed E-state index contributed by atoms with van der Waals surface area (Å²) >= 11 is 0. The summed E-state index contributed by atoms with van der Waals surface area (Å²) in [5, 5.41) is 0. The zero-order valence-electron chi connectivity index (χ0n) is 13.8. The Kier molecular flexibility index (Phi) is 3.90. The SMILES string of the molecule is CCCC1CCC(c2ccc3c(c2F)-c2c-3ccc(F)c2F)CC1. The van der Waals surface area contributed by atoms with Crippen molar-refractivity contribution in [1.29, 1.82) is 0 Å². The first-order chi connectivity index (χ1) is 11.6. The third-order valence-electron chi connectivity index (χ3n) is 5.79. The van der Waals surface area contributed by atoms with Crippen LogP contribution in [0.3, 0.4) is 0 Å². The highest BCUT2D eigenvalue weighted by Gasteiger charge is 2.34. The van der Waals surface area contributed by atoms with Crippen LogP contribution in [0.5, 0.6) is 0 Å². The highest BCUT2D eigenvalue weighted by molar-refractivity contribution is 6.03. The summed E-state index contributed by atoms with van der Waals surface area (Å²) in [6, 6.07) is 6.36. The molecule has 2 aliphatic rings. The van der Waals surface area contributed by atoms with Crippen molar-refractivity contribution in [2.75, 3.05) is 0 Å². The van der Waals surface area contributed by atoms with E-state index in [1.807, 2.05) is 12.1 Å².